The fourth-order valence-electron chi connectivity index (χ4n) is 5.64. The molecule has 35 heavy (non-hydrogen) atoms. The van der Waals surface area contributed by atoms with E-state index < -0.39 is 5.89 Å². The lowest BCUT2D eigenvalue weighted by molar-refractivity contribution is 0.557. The van der Waals surface area contributed by atoms with Gasteiger partial charge in [0.15, 0.2) is 0 Å². The zero-order valence-corrected chi connectivity index (χ0v) is 22.1. The molecule has 0 spiro atoms. The smallest absolute Gasteiger partial charge is 0.0457 e. The van der Waals surface area contributed by atoms with Crippen LogP contribution in [0.15, 0.2) is 91.0 Å². The third-order valence-corrected chi connectivity index (χ3v) is 7.38. The van der Waals surface area contributed by atoms with E-state index >= 15 is 0 Å². The number of hydrogen-bond acceptors (Lipinski definition) is 1. The van der Waals surface area contributed by atoms with Gasteiger partial charge in [-0.25, -0.2) is 0 Å². The summed E-state index contributed by atoms with van der Waals surface area (Å²) in [4.78, 5) is 2.42. The Bertz CT molecular complexity index is 1400. The van der Waals surface area contributed by atoms with Crippen LogP contribution >= 0.6 is 0 Å². The lowest BCUT2D eigenvalue weighted by Gasteiger charge is -2.40. The zero-order chi connectivity index (χ0) is 25.9. The van der Waals surface area contributed by atoms with Crippen LogP contribution in [-0.2, 0) is 5.41 Å². The summed E-state index contributed by atoms with van der Waals surface area (Å²) in [6, 6.07) is 32.8. The van der Waals surface area contributed by atoms with Crippen molar-refractivity contribution in [3.8, 4) is 22.3 Å². The molecule has 0 amide bonds. The van der Waals surface area contributed by atoms with Gasteiger partial charge in [0.25, 0.3) is 0 Å². The van der Waals surface area contributed by atoms with Gasteiger partial charge in [-0.2, -0.15) is 0 Å². The van der Waals surface area contributed by atoms with Crippen molar-refractivity contribution < 1.29 is 1.37 Å². The van der Waals surface area contributed by atoms with E-state index in [0.717, 1.165) is 16.9 Å². The lowest BCUT2D eigenvalue weighted by Crippen LogP contribution is -2.38. The summed E-state index contributed by atoms with van der Waals surface area (Å²) in [5, 5.41) is 0. The van der Waals surface area contributed by atoms with Gasteiger partial charge in [-0.15, -0.1) is 0 Å². The van der Waals surface area contributed by atoms with E-state index in [4.69, 9.17) is 1.37 Å². The second kappa shape index (κ2) is 8.41. The Balaban J connectivity index is 1.72. The molecule has 4 aromatic rings. The highest BCUT2D eigenvalue weighted by Gasteiger charge is 2.37. The van der Waals surface area contributed by atoms with Crippen LogP contribution in [0.1, 0.15) is 72.4 Å². The quantitative estimate of drug-likeness (QED) is 0.293. The fourth-order valence-corrected chi connectivity index (χ4v) is 5.64. The third-order valence-electron chi connectivity index (χ3n) is 7.38. The average Bonchev–Trinajstić information content (AvgIpc) is 3.05. The van der Waals surface area contributed by atoms with Gasteiger partial charge in [-0.1, -0.05) is 100 Å². The molecule has 0 aliphatic heterocycles. The number of benzene rings is 4. The molecule has 178 valence electrons. The van der Waals surface area contributed by atoms with Crippen LogP contribution in [0.5, 0.6) is 0 Å². The van der Waals surface area contributed by atoms with E-state index in [1.54, 1.807) is 0 Å². The number of rotatable bonds is 4. The second-order valence-electron chi connectivity index (χ2n) is 11.5. The Kier molecular flexibility index (Phi) is 5.33. The molecule has 0 saturated heterocycles. The van der Waals surface area contributed by atoms with E-state index in [9.17, 15) is 0 Å². The highest BCUT2D eigenvalue weighted by atomic mass is 15.2. The average molecular weight is 461 g/mol. The molecule has 0 radical (unpaired) electrons. The zero-order valence-electron chi connectivity index (χ0n) is 23.1. The summed E-state index contributed by atoms with van der Waals surface area (Å²) in [5.41, 5.74) is 10.7. The van der Waals surface area contributed by atoms with Crippen LogP contribution < -0.4 is 4.90 Å². The Morgan fingerprint density at radius 3 is 1.94 bits per heavy atom. The lowest BCUT2D eigenvalue weighted by atomic mass is 9.80. The molecule has 0 aromatic heterocycles. The third kappa shape index (κ3) is 3.97. The van der Waals surface area contributed by atoms with Crippen molar-refractivity contribution in [3.05, 3.63) is 108 Å². The van der Waals surface area contributed by atoms with Crippen molar-refractivity contribution in [2.24, 2.45) is 0 Å². The van der Waals surface area contributed by atoms with Gasteiger partial charge >= 0.3 is 0 Å². The molecule has 0 bridgehead atoms. The van der Waals surface area contributed by atoms with Crippen molar-refractivity contribution in [1.29, 1.82) is 0 Å². The summed E-state index contributed by atoms with van der Waals surface area (Å²) >= 11 is 0. The second-order valence-corrected chi connectivity index (χ2v) is 11.5. The maximum Gasteiger partial charge on any atom is 0.0457 e. The fraction of sp³-hybridized carbons (Fsp3) is 0.294. The number of anilines is 2. The van der Waals surface area contributed by atoms with E-state index in [1.807, 2.05) is 13.8 Å². The van der Waals surface area contributed by atoms with E-state index in [-0.39, 0.29) is 11.0 Å². The number of nitrogens with zero attached hydrogens (tertiary/aromatic N) is 1. The molecular formula is C34H37N. The molecule has 0 N–H and O–H groups in total. The standard InChI is InChI=1S/C34H37N/c1-23(2)28-21-31-29(27-15-11-12-16-30(27)34(31,6)7)22-32(28)35(33(3,4)5)26-19-17-25(18-20-26)24-13-9-8-10-14-24/h8-23H,1-7H3/i23D. The van der Waals surface area contributed by atoms with Crippen molar-refractivity contribution in [1.82, 2.24) is 0 Å². The van der Waals surface area contributed by atoms with Gasteiger partial charge in [0, 0.05) is 23.7 Å². The first-order valence-corrected chi connectivity index (χ1v) is 12.6. The predicted octanol–water partition coefficient (Wildman–Crippen LogP) is 9.72. The van der Waals surface area contributed by atoms with Gasteiger partial charge in [0.05, 0.1) is 0 Å². The predicted molar refractivity (Wildman–Crippen MR) is 152 cm³/mol. The monoisotopic (exact) mass is 460 g/mol. The molecule has 1 nitrogen and oxygen atoms in total. The van der Waals surface area contributed by atoms with Gasteiger partial charge in [0.2, 0.25) is 0 Å². The first kappa shape index (κ1) is 22.2. The minimum absolute atomic E-state index is 0.0889. The minimum Gasteiger partial charge on any atom is -0.336 e. The van der Waals surface area contributed by atoms with Crippen LogP contribution in [0.3, 0.4) is 0 Å². The largest absolute Gasteiger partial charge is 0.336 e. The summed E-state index contributed by atoms with van der Waals surface area (Å²) < 4.78 is 9.15. The van der Waals surface area contributed by atoms with Gasteiger partial charge < -0.3 is 4.90 Å². The molecule has 1 heteroatoms. The van der Waals surface area contributed by atoms with Crippen molar-refractivity contribution in [2.45, 2.75) is 65.3 Å². The molecule has 0 saturated carbocycles. The van der Waals surface area contributed by atoms with Crippen LogP contribution in [0.25, 0.3) is 22.3 Å². The van der Waals surface area contributed by atoms with Gasteiger partial charge in [-0.05, 0) is 83.8 Å². The molecule has 0 unspecified atom stereocenters. The molecule has 4 aromatic carbocycles. The minimum atomic E-state index is -0.747. The van der Waals surface area contributed by atoms with E-state index in [1.165, 1.54) is 33.4 Å². The normalized spacial score (nSPS) is 14.8. The maximum absolute atomic E-state index is 9.15. The molecule has 0 atom stereocenters. The first-order valence-electron chi connectivity index (χ1n) is 13.1. The summed E-state index contributed by atoms with van der Waals surface area (Å²) in [6.07, 6.45) is 0. The Hall–Kier alpha value is -3.32. The van der Waals surface area contributed by atoms with Crippen LogP contribution in [0.4, 0.5) is 11.4 Å². The van der Waals surface area contributed by atoms with Crippen LogP contribution in [0, 0.1) is 0 Å². The Labute approximate surface area is 212 Å². The molecule has 0 heterocycles. The Morgan fingerprint density at radius 1 is 0.714 bits per heavy atom. The van der Waals surface area contributed by atoms with Gasteiger partial charge in [0.1, 0.15) is 0 Å². The van der Waals surface area contributed by atoms with Crippen molar-refractivity contribution in [3.63, 3.8) is 0 Å². The van der Waals surface area contributed by atoms with E-state index in [2.05, 4.69) is 131 Å². The molecule has 0 fully saturated rings. The molecule has 5 rings (SSSR count). The summed E-state index contributed by atoms with van der Waals surface area (Å²) in [7, 11) is 0. The Morgan fingerprint density at radius 2 is 1.31 bits per heavy atom. The highest BCUT2D eigenvalue weighted by Crippen LogP contribution is 2.52. The van der Waals surface area contributed by atoms with Crippen molar-refractivity contribution in [2.75, 3.05) is 4.90 Å². The molecular weight excluding hydrogens is 422 g/mol. The summed E-state index contributed by atoms with van der Waals surface area (Å²) in [6.45, 7) is 15.4. The maximum atomic E-state index is 9.15. The van der Waals surface area contributed by atoms with Crippen LogP contribution in [-0.4, -0.2) is 5.54 Å². The summed E-state index contributed by atoms with van der Waals surface area (Å²) in [5.74, 6) is -0.747. The topological polar surface area (TPSA) is 3.24 Å². The van der Waals surface area contributed by atoms with Crippen LogP contribution in [0.2, 0.25) is 0 Å². The molecule has 1 aliphatic rings. The highest BCUT2D eigenvalue weighted by molar-refractivity contribution is 5.86. The SMILES string of the molecule is [2H]C(C)(C)c1cc2c(cc1N(c1ccc(-c3ccccc3)cc1)C(C)(C)C)-c1ccccc1C2(C)C. The molecule has 1 aliphatic carbocycles. The van der Waals surface area contributed by atoms with Gasteiger partial charge in [-0.3, -0.25) is 0 Å². The number of fused-ring (bicyclic) bond motifs is 3. The number of hydrogen-bond donors (Lipinski definition) is 0. The van der Waals surface area contributed by atoms with E-state index in [0.29, 0.717) is 0 Å². The first-order chi connectivity index (χ1) is 16.9. The van der Waals surface area contributed by atoms with Crippen molar-refractivity contribution >= 4 is 11.4 Å².